The Balaban J connectivity index is 1.14. The average Bonchev–Trinajstić information content (AvgIpc) is 2.92. The van der Waals surface area contributed by atoms with E-state index in [0.29, 0.717) is 11.8 Å². The summed E-state index contributed by atoms with van der Waals surface area (Å²) in [4.78, 5) is 25.5. The lowest BCUT2D eigenvalue weighted by atomic mass is 9.59. The molecule has 4 aromatic carbocycles. The van der Waals surface area contributed by atoms with Crippen molar-refractivity contribution in [3.63, 3.8) is 0 Å². The normalized spacial score (nSPS) is 19.4. The summed E-state index contributed by atoms with van der Waals surface area (Å²) < 4.78 is 43.9. The van der Waals surface area contributed by atoms with Crippen LogP contribution in [0.5, 0.6) is 5.75 Å². The number of benzene rings is 4. The zero-order chi connectivity index (χ0) is 26.4. The van der Waals surface area contributed by atoms with E-state index >= 15 is 0 Å². The van der Waals surface area contributed by atoms with Gasteiger partial charge < -0.3 is 9.47 Å². The molecule has 1 atom stereocenters. The van der Waals surface area contributed by atoms with E-state index in [2.05, 4.69) is 24.3 Å². The van der Waals surface area contributed by atoms with Crippen LogP contribution in [0.2, 0.25) is 0 Å². The molecule has 0 radical (unpaired) electrons. The quantitative estimate of drug-likeness (QED) is 0.208. The predicted molar refractivity (Wildman–Crippen MR) is 140 cm³/mol. The lowest BCUT2D eigenvalue weighted by Gasteiger charge is -2.44. The molecule has 0 saturated carbocycles. The summed E-state index contributed by atoms with van der Waals surface area (Å²) in [5, 5.41) is 0.600. The van der Waals surface area contributed by atoms with Crippen LogP contribution in [0.1, 0.15) is 46.9 Å². The fourth-order valence-corrected chi connectivity index (χ4v) is 6.64. The minimum absolute atomic E-state index is 0.0838. The smallest absolute Gasteiger partial charge is 0.314 e. The topological polar surface area (TPSA) is 107 Å². The maximum atomic E-state index is 13.2. The number of carbonyl (C=O) groups excluding carboxylic acids is 2. The third-order valence-electron chi connectivity index (χ3n) is 7.50. The number of carbonyl (C=O) groups is 2. The third-order valence-corrected chi connectivity index (χ3v) is 8.42. The Labute approximate surface area is 219 Å². The summed E-state index contributed by atoms with van der Waals surface area (Å²) in [6.07, 6.45) is 0.502. The minimum atomic E-state index is -4.45. The Morgan fingerprint density at radius 3 is 2.00 bits per heavy atom. The number of esters is 2. The number of ether oxygens (including phenoxy) is 2. The summed E-state index contributed by atoms with van der Waals surface area (Å²) in [6, 6.07) is 25.4. The molecule has 1 unspecified atom stereocenters. The Morgan fingerprint density at radius 2 is 1.37 bits per heavy atom. The van der Waals surface area contributed by atoms with Crippen LogP contribution < -0.4 is 4.74 Å². The second-order valence-corrected chi connectivity index (χ2v) is 11.0. The van der Waals surface area contributed by atoms with Gasteiger partial charge >= 0.3 is 11.9 Å². The number of hydrogen-bond acceptors (Lipinski definition) is 6. The highest BCUT2D eigenvalue weighted by molar-refractivity contribution is 7.86. The molecule has 0 fully saturated rings. The van der Waals surface area contributed by atoms with E-state index in [1.807, 2.05) is 24.3 Å². The van der Waals surface area contributed by atoms with Crippen molar-refractivity contribution in [1.82, 2.24) is 0 Å². The summed E-state index contributed by atoms with van der Waals surface area (Å²) in [5.41, 5.74) is 4.83. The molecule has 0 amide bonds. The molecule has 7 rings (SSSR count). The van der Waals surface area contributed by atoms with Gasteiger partial charge in [-0.3, -0.25) is 14.1 Å². The van der Waals surface area contributed by atoms with Crippen LogP contribution in [0, 0.1) is 5.92 Å². The van der Waals surface area contributed by atoms with Crippen molar-refractivity contribution in [3.05, 3.63) is 107 Å². The highest BCUT2D eigenvalue weighted by atomic mass is 32.2. The molecule has 3 aliphatic carbocycles. The Kier molecular flexibility index (Phi) is 6.01. The standard InChI is InChI=1S/C30H24O7S/c31-28(37-26-13-14-27(38(33,34)35)21-10-4-3-9-20(21)26)15-16-36-30(32)25-17-24-18-7-1-5-11-22(18)29(25)23-12-6-2-8-19(23)24/h1-14,24-25,29H,15-17H2,(H,33,34,35). The van der Waals surface area contributed by atoms with Gasteiger partial charge in [-0.1, -0.05) is 72.8 Å². The summed E-state index contributed by atoms with van der Waals surface area (Å²) >= 11 is 0. The second kappa shape index (κ2) is 9.38. The molecular weight excluding hydrogens is 504 g/mol. The molecule has 0 aliphatic heterocycles. The summed E-state index contributed by atoms with van der Waals surface area (Å²) in [6.45, 7) is -0.129. The van der Waals surface area contributed by atoms with Crippen molar-refractivity contribution in [1.29, 1.82) is 0 Å². The van der Waals surface area contributed by atoms with Crippen molar-refractivity contribution in [3.8, 4) is 5.75 Å². The van der Waals surface area contributed by atoms with Crippen LogP contribution >= 0.6 is 0 Å². The van der Waals surface area contributed by atoms with E-state index in [-0.39, 0.29) is 52.8 Å². The van der Waals surface area contributed by atoms with Gasteiger partial charge in [-0.15, -0.1) is 0 Å². The Hall–Kier alpha value is -4.01. The molecule has 0 spiro atoms. The highest BCUT2D eigenvalue weighted by Crippen LogP contribution is 2.55. The van der Waals surface area contributed by atoms with Crippen LogP contribution in [0.3, 0.4) is 0 Å². The van der Waals surface area contributed by atoms with Gasteiger partial charge in [0, 0.05) is 22.6 Å². The largest absolute Gasteiger partial charge is 0.465 e. The monoisotopic (exact) mass is 528 g/mol. The molecule has 38 heavy (non-hydrogen) atoms. The van der Waals surface area contributed by atoms with Gasteiger partial charge in [-0.05, 0) is 40.8 Å². The maximum Gasteiger partial charge on any atom is 0.314 e. The van der Waals surface area contributed by atoms with E-state index in [0.717, 1.165) is 11.1 Å². The van der Waals surface area contributed by atoms with Crippen molar-refractivity contribution in [2.75, 3.05) is 6.61 Å². The molecule has 1 N–H and O–H groups in total. The zero-order valence-electron chi connectivity index (χ0n) is 20.2. The lowest BCUT2D eigenvalue weighted by Crippen LogP contribution is -2.37. The fourth-order valence-electron chi connectivity index (χ4n) is 5.94. The molecule has 0 saturated heterocycles. The lowest BCUT2D eigenvalue weighted by molar-refractivity contribution is -0.151. The highest BCUT2D eigenvalue weighted by Gasteiger charge is 2.46. The van der Waals surface area contributed by atoms with Crippen LogP contribution in [-0.2, 0) is 24.4 Å². The second-order valence-electron chi connectivity index (χ2n) is 9.60. The van der Waals surface area contributed by atoms with Gasteiger partial charge in [-0.2, -0.15) is 8.42 Å². The molecule has 2 bridgehead atoms. The van der Waals surface area contributed by atoms with Crippen LogP contribution in [0.4, 0.5) is 0 Å². The van der Waals surface area contributed by atoms with Crippen LogP contribution in [0.25, 0.3) is 10.8 Å². The van der Waals surface area contributed by atoms with Crippen molar-refractivity contribution >= 4 is 32.8 Å². The Morgan fingerprint density at radius 1 is 0.789 bits per heavy atom. The first-order valence-electron chi connectivity index (χ1n) is 12.4. The molecule has 3 aliphatic rings. The SMILES string of the molecule is O=C(CCOC(=O)C1CC2c3ccccc3C1c1ccccc12)Oc1ccc(S(=O)(=O)O)c2ccccc12. The van der Waals surface area contributed by atoms with E-state index in [1.165, 1.54) is 29.3 Å². The fraction of sp³-hybridized carbons (Fsp3) is 0.200. The van der Waals surface area contributed by atoms with Gasteiger partial charge in [0.1, 0.15) is 17.3 Å². The van der Waals surface area contributed by atoms with Gasteiger partial charge in [0.15, 0.2) is 0 Å². The molecule has 0 aromatic heterocycles. The predicted octanol–water partition coefficient (Wildman–Crippen LogP) is 5.22. The molecular formula is C30H24O7S. The molecule has 4 aromatic rings. The van der Waals surface area contributed by atoms with Gasteiger partial charge in [0.05, 0.1) is 12.3 Å². The zero-order valence-corrected chi connectivity index (χ0v) is 21.1. The van der Waals surface area contributed by atoms with E-state index in [1.54, 1.807) is 18.2 Å². The first-order chi connectivity index (χ1) is 18.3. The minimum Gasteiger partial charge on any atom is -0.465 e. The van der Waals surface area contributed by atoms with E-state index in [9.17, 15) is 22.6 Å². The molecule has 0 heterocycles. The maximum absolute atomic E-state index is 13.2. The first kappa shape index (κ1) is 24.3. The average molecular weight is 529 g/mol. The third kappa shape index (κ3) is 4.15. The summed E-state index contributed by atoms with van der Waals surface area (Å²) in [5.74, 6) is -1.09. The number of rotatable bonds is 6. The number of fused-ring (bicyclic) bond motifs is 2. The number of hydrogen-bond donors (Lipinski definition) is 1. The van der Waals surface area contributed by atoms with Gasteiger partial charge in [0.2, 0.25) is 0 Å². The first-order valence-corrected chi connectivity index (χ1v) is 13.8. The summed E-state index contributed by atoms with van der Waals surface area (Å²) in [7, 11) is -4.45. The van der Waals surface area contributed by atoms with Crippen molar-refractivity contribution in [2.24, 2.45) is 5.92 Å². The van der Waals surface area contributed by atoms with Crippen molar-refractivity contribution in [2.45, 2.75) is 29.6 Å². The molecule has 7 nitrogen and oxygen atoms in total. The molecule has 192 valence electrons. The van der Waals surface area contributed by atoms with Gasteiger partial charge in [-0.25, -0.2) is 0 Å². The van der Waals surface area contributed by atoms with Crippen LogP contribution in [0.15, 0.2) is 89.8 Å². The van der Waals surface area contributed by atoms with Gasteiger partial charge in [0.25, 0.3) is 10.1 Å². The van der Waals surface area contributed by atoms with Crippen LogP contribution in [-0.4, -0.2) is 31.5 Å². The molecule has 8 heteroatoms. The van der Waals surface area contributed by atoms with E-state index in [4.69, 9.17) is 9.47 Å². The van der Waals surface area contributed by atoms with Crippen molar-refractivity contribution < 1.29 is 32.0 Å². The van der Waals surface area contributed by atoms with E-state index < -0.39 is 16.1 Å². The Bertz CT molecular complexity index is 1640.